The number of nitrogens with zero attached hydrogens (tertiary/aromatic N) is 2. The Balaban J connectivity index is 2.15. The number of carbonyl (C=O) groups is 1. The lowest BCUT2D eigenvalue weighted by molar-refractivity contribution is 0.0964. The molecule has 0 aliphatic rings. The minimum atomic E-state index is -3.72. The summed E-state index contributed by atoms with van der Waals surface area (Å²) in [5, 5.41) is 2.95. The van der Waals surface area contributed by atoms with Crippen LogP contribution in [0.2, 0.25) is 0 Å². The number of hydrogen-bond acceptors (Lipinski definition) is 5. The van der Waals surface area contributed by atoms with Crippen LogP contribution in [0.4, 0.5) is 10.1 Å². The summed E-state index contributed by atoms with van der Waals surface area (Å²) in [6, 6.07) is 10.1. The third-order valence-electron chi connectivity index (χ3n) is 5.64. The third-order valence-corrected chi connectivity index (χ3v) is 7.27. The normalized spacial score (nSPS) is 11.6. The predicted octanol–water partition coefficient (Wildman–Crippen LogP) is 4.12. The van der Waals surface area contributed by atoms with Crippen LogP contribution < -0.4 is 15.2 Å². The first-order valence-electron chi connectivity index (χ1n) is 10.3. The van der Waals surface area contributed by atoms with Crippen molar-refractivity contribution < 1.29 is 22.0 Å². The Hall–Kier alpha value is -3.44. The molecule has 4 rings (SSSR count). The van der Waals surface area contributed by atoms with E-state index in [-0.39, 0.29) is 33.7 Å². The molecule has 0 saturated carbocycles. The molecular weight excluding hydrogens is 541 g/mol. The molecule has 2 aromatic carbocycles. The Morgan fingerprint density at radius 3 is 2.40 bits per heavy atom. The highest BCUT2D eigenvalue weighted by molar-refractivity contribution is 9.10. The monoisotopic (exact) mass is 561 g/mol. The van der Waals surface area contributed by atoms with Crippen LogP contribution in [0.1, 0.15) is 10.4 Å². The SMILES string of the molecule is CNC(=O)c1c(-c2ccc(F)cc2)oc2cc(N(C)S(C)(=O)=O)c(-c3cc(Br)cn(C)c3=O)cc12. The fraction of sp³-hybridized carbons (Fsp3) is 0.167. The summed E-state index contributed by atoms with van der Waals surface area (Å²) < 4.78 is 47.5. The minimum absolute atomic E-state index is 0.177. The number of nitrogens with one attached hydrogen (secondary N) is 1. The van der Waals surface area contributed by atoms with Gasteiger partial charge < -0.3 is 14.3 Å². The van der Waals surface area contributed by atoms with Gasteiger partial charge in [-0.25, -0.2) is 12.8 Å². The molecule has 0 aliphatic heterocycles. The number of pyridine rings is 1. The van der Waals surface area contributed by atoms with Gasteiger partial charge in [-0.15, -0.1) is 0 Å². The Kier molecular flexibility index (Phi) is 6.32. The number of hydrogen-bond donors (Lipinski definition) is 1. The second kappa shape index (κ2) is 8.97. The molecule has 35 heavy (non-hydrogen) atoms. The number of aromatic nitrogens is 1. The highest BCUT2D eigenvalue weighted by Crippen LogP contribution is 2.40. The lowest BCUT2D eigenvalue weighted by atomic mass is 9.99. The topological polar surface area (TPSA) is 102 Å². The second-order valence-electron chi connectivity index (χ2n) is 7.98. The molecule has 0 aliphatic carbocycles. The van der Waals surface area contributed by atoms with Crippen LogP contribution >= 0.6 is 15.9 Å². The zero-order valence-corrected chi connectivity index (χ0v) is 21.6. The molecule has 0 radical (unpaired) electrons. The zero-order chi connectivity index (χ0) is 25.7. The summed E-state index contributed by atoms with van der Waals surface area (Å²) in [6.07, 6.45) is 2.63. The van der Waals surface area contributed by atoms with Crippen molar-refractivity contribution in [2.75, 3.05) is 24.7 Å². The van der Waals surface area contributed by atoms with Crippen LogP contribution in [0.5, 0.6) is 0 Å². The molecule has 0 atom stereocenters. The van der Waals surface area contributed by atoms with Crippen molar-refractivity contribution in [1.29, 1.82) is 0 Å². The molecule has 8 nitrogen and oxygen atoms in total. The highest BCUT2D eigenvalue weighted by atomic mass is 79.9. The number of sulfonamides is 1. The fourth-order valence-corrected chi connectivity index (χ4v) is 4.85. The van der Waals surface area contributed by atoms with Gasteiger partial charge in [0, 0.05) is 54.4 Å². The molecule has 11 heteroatoms. The molecular formula is C24H21BrFN3O5S. The number of amides is 1. The number of carbonyl (C=O) groups excluding carboxylic acids is 1. The summed E-state index contributed by atoms with van der Waals surface area (Å²) in [7, 11) is 0.691. The van der Waals surface area contributed by atoms with E-state index in [1.807, 2.05) is 0 Å². The van der Waals surface area contributed by atoms with E-state index in [0.717, 1.165) is 10.6 Å². The van der Waals surface area contributed by atoms with Gasteiger partial charge in [-0.1, -0.05) is 0 Å². The summed E-state index contributed by atoms with van der Waals surface area (Å²) >= 11 is 3.38. The summed E-state index contributed by atoms with van der Waals surface area (Å²) in [5.41, 5.74) is 1.21. The maximum atomic E-state index is 13.5. The molecule has 0 fully saturated rings. The Bertz CT molecular complexity index is 1640. The van der Waals surface area contributed by atoms with Crippen LogP contribution in [0.3, 0.4) is 0 Å². The maximum absolute atomic E-state index is 13.5. The van der Waals surface area contributed by atoms with Gasteiger partial charge in [0.1, 0.15) is 17.2 Å². The molecule has 0 bridgehead atoms. The minimum Gasteiger partial charge on any atom is -0.455 e. The lowest BCUT2D eigenvalue weighted by Crippen LogP contribution is -2.26. The Morgan fingerprint density at radius 2 is 1.80 bits per heavy atom. The Morgan fingerprint density at radius 1 is 1.14 bits per heavy atom. The first kappa shape index (κ1) is 24.7. The molecule has 0 spiro atoms. The highest BCUT2D eigenvalue weighted by Gasteiger charge is 2.26. The van der Waals surface area contributed by atoms with Crippen molar-refractivity contribution in [2.24, 2.45) is 7.05 Å². The maximum Gasteiger partial charge on any atom is 0.258 e. The van der Waals surface area contributed by atoms with Gasteiger partial charge in [-0.3, -0.25) is 13.9 Å². The van der Waals surface area contributed by atoms with Crippen molar-refractivity contribution in [1.82, 2.24) is 9.88 Å². The number of aryl methyl sites for hydroxylation is 1. The Labute approximate surface area is 209 Å². The molecule has 182 valence electrons. The van der Waals surface area contributed by atoms with E-state index in [0.29, 0.717) is 21.0 Å². The summed E-state index contributed by atoms with van der Waals surface area (Å²) in [6.45, 7) is 0. The van der Waals surface area contributed by atoms with Crippen LogP contribution in [0.15, 0.2) is 62.3 Å². The van der Waals surface area contributed by atoms with Gasteiger partial charge >= 0.3 is 0 Å². The van der Waals surface area contributed by atoms with E-state index >= 15 is 0 Å². The van der Waals surface area contributed by atoms with Crippen LogP contribution in [0.25, 0.3) is 33.4 Å². The number of benzene rings is 2. The van der Waals surface area contributed by atoms with Gasteiger partial charge in [-0.05, 0) is 52.3 Å². The number of anilines is 1. The van der Waals surface area contributed by atoms with Crippen molar-refractivity contribution in [2.45, 2.75) is 0 Å². The standard InChI is InChI=1S/C24H21BrFN3O5S/c1-27-23(30)21-18-10-16(17-9-14(25)12-28(2)24(17)31)19(29(3)35(4,32)33)11-20(18)34-22(21)13-5-7-15(26)8-6-13/h5-12H,1-4H3,(H,27,30). The molecule has 1 amide bonds. The molecule has 4 aromatic rings. The van der Waals surface area contributed by atoms with E-state index < -0.39 is 21.7 Å². The predicted molar refractivity (Wildman–Crippen MR) is 137 cm³/mol. The van der Waals surface area contributed by atoms with Crippen molar-refractivity contribution >= 4 is 48.5 Å². The van der Waals surface area contributed by atoms with Crippen LogP contribution in [-0.4, -0.2) is 39.2 Å². The van der Waals surface area contributed by atoms with Gasteiger partial charge in [0.2, 0.25) is 10.0 Å². The van der Waals surface area contributed by atoms with E-state index in [1.165, 1.54) is 49.0 Å². The lowest BCUT2D eigenvalue weighted by Gasteiger charge is -2.20. The molecule has 0 unspecified atom stereocenters. The van der Waals surface area contributed by atoms with Gasteiger partial charge in [-0.2, -0.15) is 0 Å². The van der Waals surface area contributed by atoms with Gasteiger partial charge in [0.15, 0.2) is 0 Å². The van der Waals surface area contributed by atoms with E-state index in [2.05, 4.69) is 21.2 Å². The van der Waals surface area contributed by atoms with Crippen molar-refractivity contribution in [3.05, 3.63) is 74.9 Å². The first-order valence-corrected chi connectivity index (χ1v) is 13.0. The average Bonchev–Trinajstić information content (AvgIpc) is 3.17. The summed E-state index contributed by atoms with van der Waals surface area (Å²) in [4.78, 5) is 26.0. The van der Waals surface area contributed by atoms with Crippen LogP contribution in [0, 0.1) is 5.82 Å². The summed E-state index contributed by atoms with van der Waals surface area (Å²) in [5.74, 6) is -0.719. The second-order valence-corrected chi connectivity index (χ2v) is 10.9. The van der Waals surface area contributed by atoms with Gasteiger partial charge in [0.05, 0.1) is 23.1 Å². The smallest absolute Gasteiger partial charge is 0.258 e. The van der Waals surface area contributed by atoms with E-state index in [9.17, 15) is 22.4 Å². The number of furan rings is 1. The fourth-order valence-electron chi connectivity index (χ4n) is 3.81. The molecule has 1 N–H and O–H groups in total. The quantitative estimate of drug-likeness (QED) is 0.395. The molecule has 2 heterocycles. The van der Waals surface area contributed by atoms with Crippen molar-refractivity contribution in [3.8, 4) is 22.5 Å². The number of rotatable bonds is 5. The molecule has 2 aromatic heterocycles. The average molecular weight is 562 g/mol. The third kappa shape index (κ3) is 4.48. The van der Waals surface area contributed by atoms with Crippen LogP contribution in [-0.2, 0) is 17.1 Å². The van der Waals surface area contributed by atoms with E-state index in [1.54, 1.807) is 25.4 Å². The number of halogens is 2. The van der Waals surface area contributed by atoms with Gasteiger partial charge in [0.25, 0.3) is 11.5 Å². The largest absolute Gasteiger partial charge is 0.455 e. The molecule has 0 saturated heterocycles. The first-order chi connectivity index (χ1) is 16.4. The van der Waals surface area contributed by atoms with Crippen molar-refractivity contribution in [3.63, 3.8) is 0 Å². The number of fused-ring (bicyclic) bond motifs is 1. The van der Waals surface area contributed by atoms with E-state index in [4.69, 9.17) is 4.42 Å². The zero-order valence-electron chi connectivity index (χ0n) is 19.2.